The average Bonchev–Trinajstić information content (AvgIpc) is 3.00. The van der Waals surface area contributed by atoms with Gasteiger partial charge in [-0.3, -0.25) is 9.59 Å². The molecule has 0 fully saturated rings. The van der Waals surface area contributed by atoms with Gasteiger partial charge in [0.15, 0.2) is 0 Å². The summed E-state index contributed by atoms with van der Waals surface area (Å²) < 4.78 is 0. The van der Waals surface area contributed by atoms with Gasteiger partial charge in [0.25, 0.3) is 5.91 Å². The van der Waals surface area contributed by atoms with Crippen molar-refractivity contribution in [2.24, 2.45) is 0 Å². The molecule has 0 spiro atoms. The number of thioether (sulfide) groups is 1. The summed E-state index contributed by atoms with van der Waals surface area (Å²) in [5.74, 6) is -3.21. The lowest BCUT2D eigenvalue weighted by Crippen LogP contribution is -2.19. The summed E-state index contributed by atoms with van der Waals surface area (Å²) in [6.45, 7) is 0. The maximum Gasteiger partial charge on any atom is 0.337 e. The van der Waals surface area contributed by atoms with Gasteiger partial charge in [-0.05, 0) is 59.5 Å². The summed E-state index contributed by atoms with van der Waals surface area (Å²) >= 11 is 7.23. The van der Waals surface area contributed by atoms with Crippen molar-refractivity contribution >= 4 is 69.3 Å². The Hall–Kier alpha value is -5.12. The molecule has 0 aliphatic rings. The molecule has 0 aliphatic heterocycles. The summed E-state index contributed by atoms with van der Waals surface area (Å²) in [6, 6.07) is 30.1. The zero-order chi connectivity index (χ0) is 30.5. The number of carbonyl (C=O) groups excluding carboxylic acids is 2. The minimum absolute atomic E-state index is 0.0282. The molecule has 5 rings (SSSR count). The Morgan fingerprint density at radius 2 is 1.30 bits per heavy atom. The van der Waals surface area contributed by atoms with Gasteiger partial charge in [0.05, 0.1) is 16.1 Å². The lowest BCUT2D eigenvalue weighted by molar-refractivity contribution is -0.115. The van der Waals surface area contributed by atoms with Crippen LogP contribution in [-0.2, 0) is 4.79 Å². The molecule has 0 saturated carbocycles. The van der Waals surface area contributed by atoms with E-state index in [1.807, 2.05) is 30.3 Å². The molecule has 214 valence electrons. The minimum Gasteiger partial charge on any atom is -0.478 e. The zero-order valence-electron chi connectivity index (χ0n) is 22.3. The largest absolute Gasteiger partial charge is 0.478 e. The van der Waals surface area contributed by atoms with Gasteiger partial charge in [0, 0.05) is 27.2 Å². The molecule has 0 bridgehead atoms. The second-order valence-corrected chi connectivity index (χ2v) is 11.0. The molecule has 0 saturated heterocycles. The van der Waals surface area contributed by atoms with Crippen LogP contribution in [0.25, 0.3) is 10.8 Å². The van der Waals surface area contributed by atoms with Crippen LogP contribution in [0.4, 0.5) is 11.4 Å². The van der Waals surface area contributed by atoms with Crippen molar-refractivity contribution in [3.05, 3.63) is 136 Å². The SMILES string of the molecule is O=C(O)c1cc(NC(=O)C(Sc2cccc(NC(=O)c3cccc4cccc(C(=O)O)c34)c2)c2ccccc2)ccc1Cl. The van der Waals surface area contributed by atoms with E-state index in [4.69, 9.17) is 11.6 Å². The van der Waals surface area contributed by atoms with E-state index in [0.717, 1.165) is 0 Å². The highest BCUT2D eigenvalue weighted by molar-refractivity contribution is 8.00. The average molecular weight is 611 g/mol. The number of hydrogen-bond donors (Lipinski definition) is 4. The molecule has 5 aromatic carbocycles. The molecule has 0 aliphatic carbocycles. The number of anilines is 2. The van der Waals surface area contributed by atoms with Gasteiger partial charge >= 0.3 is 11.9 Å². The van der Waals surface area contributed by atoms with E-state index in [1.54, 1.807) is 54.6 Å². The van der Waals surface area contributed by atoms with Crippen LogP contribution in [-0.4, -0.2) is 34.0 Å². The van der Waals surface area contributed by atoms with Gasteiger partial charge in [-0.15, -0.1) is 11.8 Å². The van der Waals surface area contributed by atoms with Gasteiger partial charge < -0.3 is 20.8 Å². The topological polar surface area (TPSA) is 133 Å². The molecule has 1 unspecified atom stereocenters. The third kappa shape index (κ3) is 6.69. The third-order valence-electron chi connectivity index (χ3n) is 6.53. The Labute approximate surface area is 255 Å². The van der Waals surface area contributed by atoms with Gasteiger partial charge in [0.1, 0.15) is 5.25 Å². The van der Waals surface area contributed by atoms with E-state index in [-0.39, 0.29) is 33.3 Å². The van der Waals surface area contributed by atoms with Crippen molar-refractivity contribution in [1.29, 1.82) is 0 Å². The second kappa shape index (κ2) is 12.8. The lowest BCUT2D eigenvalue weighted by Gasteiger charge is -2.18. The van der Waals surface area contributed by atoms with E-state index >= 15 is 0 Å². The van der Waals surface area contributed by atoms with Crippen LogP contribution in [0.15, 0.2) is 114 Å². The van der Waals surface area contributed by atoms with Gasteiger partial charge in [0.2, 0.25) is 5.91 Å². The first-order chi connectivity index (χ1) is 20.7. The first-order valence-corrected chi connectivity index (χ1v) is 14.2. The minimum atomic E-state index is -1.21. The maximum absolute atomic E-state index is 13.5. The molecule has 4 N–H and O–H groups in total. The zero-order valence-corrected chi connectivity index (χ0v) is 23.9. The number of halogens is 1. The lowest BCUT2D eigenvalue weighted by atomic mass is 9.98. The highest BCUT2D eigenvalue weighted by atomic mass is 35.5. The fraction of sp³-hybridized carbons (Fsp3) is 0.0303. The first kappa shape index (κ1) is 29.4. The van der Waals surface area contributed by atoms with E-state index in [1.165, 1.54) is 36.0 Å². The van der Waals surface area contributed by atoms with Crippen molar-refractivity contribution < 1.29 is 29.4 Å². The number of nitrogens with one attached hydrogen (secondary N) is 2. The van der Waals surface area contributed by atoms with Crippen molar-refractivity contribution in [1.82, 2.24) is 0 Å². The van der Waals surface area contributed by atoms with Crippen LogP contribution in [0.2, 0.25) is 5.02 Å². The molecule has 8 nitrogen and oxygen atoms in total. The van der Waals surface area contributed by atoms with Crippen LogP contribution in [0.3, 0.4) is 0 Å². The molecular formula is C33H23ClN2O6S. The quantitative estimate of drug-likeness (QED) is 0.126. The molecule has 2 amide bonds. The van der Waals surface area contributed by atoms with Crippen LogP contribution in [0.1, 0.15) is 41.9 Å². The molecule has 43 heavy (non-hydrogen) atoms. The highest BCUT2D eigenvalue weighted by Gasteiger charge is 2.23. The van der Waals surface area contributed by atoms with E-state index in [0.29, 0.717) is 26.9 Å². The monoisotopic (exact) mass is 610 g/mol. The standard InChI is InChI=1S/C33H23ClN2O6S/c34-27-16-15-22(18-26(27)33(41)42)36-31(38)29(20-7-2-1-3-8-20)43-23-12-6-11-21(17-23)35-30(37)24-13-4-9-19-10-5-14-25(28(19)24)32(39)40/h1-18,29H,(H,35,37)(H,36,38)(H,39,40)(H,41,42). The normalized spacial score (nSPS) is 11.5. The fourth-order valence-electron chi connectivity index (χ4n) is 4.57. The van der Waals surface area contributed by atoms with Crippen molar-refractivity contribution in [3.8, 4) is 0 Å². The molecule has 5 aromatic rings. The number of hydrogen-bond acceptors (Lipinski definition) is 5. The molecular weight excluding hydrogens is 588 g/mol. The first-order valence-electron chi connectivity index (χ1n) is 12.9. The Morgan fingerprint density at radius 1 is 0.651 bits per heavy atom. The fourth-order valence-corrected chi connectivity index (χ4v) is 5.85. The van der Waals surface area contributed by atoms with E-state index < -0.39 is 23.1 Å². The Kier molecular flexibility index (Phi) is 8.75. The molecule has 10 heteroatoms. The summed E-state index contributed by atoms with van der Waals surface area (Å²) in [7, 11) is 0. The van der Waals surface area contributed by atoms with Gasteiger partial charge in [-0.1, -0.05) is 72.3 Å². The second-order valence-electron chi connectivity index (χ2n) is 9.39. The molecule has 0 heterocycles. The Bertz CT molecular complexity index is 1870. The predicted molar refractivity (Wildman–Crippen MR) is 167 cm³/mol. The van der Waals surface area contributed by atoms with Crippen LogP contribution >= 0.6 is 23.4 Å². The number of aromatic carboxylic acids is 2. The highest BCUT2D eigenvalue weighted by Crippen LogP contribution is 2.37. The van der Waals surface area contributed by atoms with Crippen molar-refractivity contribution in [2.75, 3.05) is 10.6 Å². The number of rotatable bonds is 9. The van der Waals surface area contributed by atoms with E-state index in [2.05, 4.69) is 10.6 Å². The molecule has 1 atom stereocenters. The number of carboxylic acids is 2. The predicted octanol–water partition coefficient (Wildman–Crippen LogP) is 7.61. The Morgan fingerprint density at radius 3 is 2.00 bits per heavy atom. The van der Waals surface area contributed by atoms with Crippen molar-refractivity contribution in [2.45, 2.75) is 10.1 Å². The number of benzene rings is 5. The molecule has 0 aromatic heterocycles. The number of fused-ring (bicyclic) bond motifs is 1. The van der Waals surface area contributed by atoms with Crippen molar-refractivity contribution in [3.63, 3.8) is 0 Å². The van der Waals surface area contributed by atoms with Crippen LogP contribution < -0.4 is 10.6 Å². The molecule has 0 radical (unpaired) electrons. The van der Waals surface area contributed by atoms with E-state index in [9.17, 15) is 29.4 Å². The third-order valence-corrected chi connectivity index (χ3v) is 8.11. The van der Waals surface area contributed by atoms with Crippen LogP contribution in [0.5, 0.6) is 0 Å². The van der Waals surface area contributed by atoms with Gasteiger partial charge in [-0.2, -0.15) is 0 Å². The smallest absolute Gasteiger partial charge is 0.337 e. The number of amides is 2. The summed E-state index contributed by atoms with van der Waals surface area (Å²) in [5.41, 5.74) is 1.57. The maximum atomic E-state index is 13.5. The summed E-state index contributed by atoms with van der Waals surface area (Å²) in [6.07, 6.45) is 0. The van der Waals surface area contributed by atoms with Crippen LogP contribution in [0, 0.1) is 0 Å². The summed E-state index contributed by atoms with van der Waals surface area (Å²) in [4.78, 5) is 50.9. The summed E-state index contributed by atoms with van der Waals surface area (Å²) in [5, 5.41) is 25.0. The number of carboxylic acid groups (broad SMARTS) is 2. The number of carbonyl (C=O) groups is 4. The van der Waals surface area contributed by atoms with Gasteiger partial charge in [-0.25, -0.2) is 9.59 Å². The Balaban J connectivity index is 1.41.